The van der Waals surface area contributed by atoms with Gasteiger partial charge in [0.1, 0.15) is 12.6 Å². The molecule has 0 aromatic rings. The fourth-order valence-corrected chi connectivity index (χ4v) is 5.78. The first-order valence-corrected chi connectivity index (χ1v) is 22.8. The normalized spacial score (nSPS) is 14.7. The van der Waals surface area contributed by atoms with Crippen LogP contribution in [-0.2, 0) is 37.5 Å². The first-order chi connectivity index (χ1) is 28.1. The van der Waals surface area contributed by atoms with E-state index in [1.54, 1.807) is 0 Å². The summed E-state index contributed by atoms with van der Waals surface area (Å²) in [6.45, 7) is 2.55. The molecule has 0 aromatic carbocycles. The molecule has 0 bridgehead atoms. The predicted octanol–water partition coefficient (Wildman–Crippen LogP) is 11.3. The number of carboxylic acids is 1. The zero-order chi connectivity index (χ0) is 42.8. The number of allylic oxidation sites excluding steroid dienone is 16. The lowest BCUT2D eigenvalue weighted by Gasteiger charge is -2.20. The van der Waals surface area contributed by atoms with Gasteiger partial charge >= 0.3 is 25.7 Å². The van der Waals surface area contributed by atoms with Gasteiger partial charge in [0.2, 0.25) is 0 Å². The van der Waals surface area contributed by atoms with E-state index in [-0.39, 0.29) is 12.8 Å². The Morgan fingerprint density at radius 2 is 1.00 bits per heavy atom. The number of carbonyl (C=O) groups excluding carboxylic acids is 2. The molecule has 0 aliphatic heterocycles. The topological polar surface area (TPSA) is 172 Å². The molecule has 0 aliphatic carbocycles. The van der Waals surface area contributed by atoms with Crippen molar-refractivity contribution >= 4 is 25.7 Å². The van der Waals surface area contributed by atoms with Crippen molar-refractivity contribution in [3.63, 3.8) is 0 Å². The first kappa shape index (κ1) is 54.4. The lowest BCUT2D eigenvalue weighted by molar-refractivity contribution is -0.161. The minimum atomic E-state index is -4.74. The highest BCUT2D eigenvalue weighted by Crippen LogP contribution is 2.43. The molecular weight excluding hydrogens is 757 g/mol. The summed E-state index contributed by atoms with van der Waals surface area (Å²) in [5, 5.41) is 8.88. The molecule has 0 radical (unpaired) electrons. The van der Waals surface area contributed by atoms with Gasteiger partial charge in [-0.15, -0.1) is 0 Å². The van der Waals surface area contributed by atoms with Crippen LogP contribution in [0.15, 0.2) is 97.2 Å². The van der Waals surface area contributed by atoms with Gasteiger partial charge in [0.25, 0.3) is 0 Å². The average molecular weight is 832 g/mol. The van der Waals surface area contributed by atoms with Crippen LogP contribution in [-0.4, -0.2) is 59.9 Å². The third kappa shape index (κ3) is 39.2. The number of hydrogen-bond acceptors (Lipinski definition) is 9. The summed E-state index contributed by atoms with van der Waals surface area (Å²) in [5.74, 6) is -2.52. The molecule has 12 heteroatoms. The predicted molar refractivity (Wildman–Crippen MR) is 235 cm³/mol. The largest absolute Gasteiger partial charge is 0.480 e. The highest BCUT2D eigenvalue weighted by molar-refractivity contribution is 7.47. The Morgan fingerprint density at radius 3 is 1.52 bits per heavy atom. The second-order valence-corrected chi connectivity index (χ2v) is 15.2. The fraction of sp³-hybridized carbons (Fsp3) is 0.587. The van der Waals surface area contributed by atoms with Crippen molar-refractivity contribution in [1.82, 2.24) is 0 Å². The van der Waals surface area contributed by atoms with Crippen molar-refractivity contribution in [3.8, 4) is 0 Å². The van der Waals surface area contributed by atoms with E-state index in [2.05, 4.69) is 103 Å². The van der Waals surface area contributed by atoms with Crippen molar-refractivity contribution in [3.05, 3.63) is 97.2 Å². The van der Waals surface area contributed by atoms with E-state index < -0.39 is 57.7 Å². The molecule has 3 atom stereocenters. The van der Waals surface area contributed by atoms with Crippen LogP contribution in [0.2, 0.25) is 0 Å². The Balaban J connectivity index is 4.54. The van der Waals surface area contributed by atoms with E-state index in [1.807, 2.05) is 12.2 Å². The fourth-order valence-electron chi connectivity index (χ4n) is 5.00. The Kier molecular flexibility index (Phi) is 37.7. The van der Waals surface area contributed by atoms with Crippen LogP contribution in [0.4, 0.5) is 0 Å². The van der Waals surface area contributed by atoms with Gasteiger partial charge in [0.05, 0.1) is 13.2 Å². The van der Waals surface area contributed by atoms with Crippen molar-refractivity contribution in [1.29, 1.82) is 0 Å². The molecule has 0 saturated heterocycles. The number of phosphoric acid groups is 1. The Labute approximate surface area is 349 Å². The monoisotopic (exact) mass is 832 g/mol. The van der Waals surface area contributed by atoms with Crippen molar-refractivity contribution in [2.75, 3.05) is 19.8 Å². The molecule has 0 amide bonds. The van der Waals surface area contributed by atoms with Crippen molar-refractivity contribution in [2.45, 2.75) is 154 Å². The molecule has 328 valence electrons. The van der Waals surface area contributed by atoms with Crippen LogP contribution >= 0.6 is 7.82 Å². The number of nitrogens with two attached hydrogens (primary N) is 1. The standard InChI is InChI=1S/C46H74NO10P/c1-3-5-7-9-11-13-15-17-19-20-21-22-24-25-27-29-31-33-35-37-44(48)54-39-42(40-55-58(52,53)56-41-43(47)46(50)51)57-45(49)38-36-34-32-30-28-26-23-18-16-14-12-10-8-6-4-2/h5,7,11-14,17-19,21-23,25,27,31,33,42-43H,3-4,6,8-10,15-16,20,24,26,28-30,32,34-41,47H2,1-2H3,(H,50,51)(H,52,53)/t42-,43+/m1/s1. The molecule has 0 aliphatic rings. The maximum absolute atomic E-state index is 12.6. The lowest BCUT2D eigenvalue weighted by Crippen LogP contribution is -2.34. The van der Waals surface area contributed by atoms with Crippen LogP contribution < -0.4 is 5.73 Å². The summed E-state index contributed by atoms with van der Waals surface area (Å²) in [6, 6.07) is -1.54. The molecule has 1 unspecified atom stereocenters. The quantitative estimate of drug-likeness (QED) is 0.0234. The second kappa shape index (κ2) is 40.2. The van der Waals surface area contributed by atoms with Gasteiger partial charge in [-0.1, -0.05) is 143 Å². The molecule has 4 N–H and O–H groups in total. The molecule has 0 heterocycles. The minimum Gasteiger partial charge on any atom is -0.480 e. The van der Waals surface area contributed by atoms with E-state index in [0.29, 0.717) is 12.8 Å². The molecule has 0 aromatic heterocycles. The molecule has 0 spiro atoms. The zero-order valence-electron chi connectivity index (χ0n) is 35.3. The maximum Gasteiger partial charge on any atom is 0.472 e. The van der Waals surface area contributed by atoms with E-state index in [9.17, 15) is 23.8 Å². The number of rotatable bonds is 38. The van der Waals surface area contributed by atoms with Crippen LogP contribution in [0, 0.1) is 0 Å². The number of carbonyl (C=O) groups is 3. The molecule has 11 nitrogen and oxygen atoms in total. The van der Waals surface area contributed by atoms with Gasteiger partial charge in [0.15, 0.2) is 6.10 Å². The van der Waals surface area contributed by atoms with E-state index in [0.717, 1.165) is 83.5 Å². The lowest BCUT2D eigenvalue weighted by atomic mass is 10.1. The third-order valence-electron chi connectivity index (χ3n) is 8.33. The number of unbranched alkanes of at least 4 members (excludes halogenated alkanes) is 8. The van der Waals surface area contributed by atoms with Gasteiger partial charge in [0, 0.05) is 12.8 Å². The average Bonchev–Trinajstić information content (AvgIpc) is 3.20. The van der Waals surface area contributed by atoms with E-state index >= 15 is 0 Å². The summed E-state index contributed by atoms with van der Waals surface area (Å²) in [5.41, 5.74) is 5.32. The molecule has 0 saturated carbocycles. The third-order valence-corrected chi connectivity index (χ3v) is 9.28. The smallest absolute Gasteiger partial charge is 0.472 e. The Morgan fingerprint density at radius 1 is 0.552 bits per heavy atom. The van der Waals surface area contributed by atoms with Crippen molar-refractivity contribution < 1.29 is 47.5 Å². The van der Waals surface area contributed by atoms with Crippen LogP contribution in [0.3, 0.4) is 0 Å². The summed E-state index contributed by atoms with van der Waals surface area (Å²) in [4.78, 5) is 45.9. The maximum atomic E-state index is 12.6. The number of esters is 2. The van der Waals surface area contributed by atoms with Gasteiger partial charge in [-0.3, -0.25) is 23.4 Å². The summed E-state index contributed by atoms with van der Waals surface area (Å²) in [7, 11) is -4.74. The van der Waals surface area contributed by atoms with Crippen molar-refractivity contribution in [2.24, 2.45) is 5.73 Å². The number of carboxylic acid groups (broad SMARTS) is 1. The second-order valence-electron chi connectivity index (χ2n) is 13.7. The summed E-state index contributed by atoms with van der Waals surface area (Å²) >= 11 is 0. The van der Waals surface area contributed by atoms with Crippen LogP contribution in [0.25, 0.3) is 0 Å². The SMILES string of the molecule is CCC=CCC=CCC=CCC=CCC=CCC=CCCC(=O)OC[C@H](COP(=O)(O)OC[C@H](N)C(=O)O)OC(=O)CCCCCCCC=CCC=CCCCCC. The van der Waals surface area contributed by atoms with Crippen LogP contribution in [0.5, 0.6) is 0 Å². The number of aliphatic carboxylic acids is 1. The Bertz CT molecular complexity index is 1350. The highest BCUT2D eigenvalue weighted by atomic mass is 31.2. The number of phosphoric ester groups is 1. The van der Waals surface area contributed by atoms with Gasteiger partial charge in [-0.25, -0.2) is 4.57 Å². The summed E-state index contributed by atoms with van der Waals surface area (Å²) in [6.07, 6.45) is 50.6. The van der Waals surface area contributed by atoms with Crippen LogP contribution in [0.1, 0.15) is 142 Å². The van der Waals surface area contributed by atoms with Gasteiger partial charge in [-0.05, 0) is 83.5 Å². The molecule has 58 heavy (non-hydrogen) atoms. The van der Waals surface area contributed by atoms with Gasteiger partial charge < -0.3 is 25.2 Å². The first-order valence-electron chi connectivity index (χ1n) is 21.3. The molecule has 0 rings (SSSR count). The zero-order valence-corrected chi connectivity index (χ0v) is 36.2. The Hall–Kier alpha value is -3.60. The molecular formula is C46H74NO10P. The summed E-state index contributed by atoms with van der Waals surface area (Å²) < 4.78 is 32.6. The van der Waals surface area contributed by atoms with E-state index in [1.165, 1.54) is 19.3 Å². The van der Waals surface area contributed by atoms with E-state index in [4.69, 9.17) is 24.8 Å². The highest BCUT2D eigenvalue weighted by Gasteiger charge is 2.28. The van der Waals surface area contributed by atoms with Gasteiger partial charge in [-0.2, -0.15) is 0 Å². The molecule has 0 fully saturated rings. The number of ether oxygens (including phenoxy) is 2. The number of hydrogen-bond donors (Lipinski definition) is 3. The minimum absolute atomic E-state index is 0.0876.